The Morgan fingerprint density at radius 1 is 0.549 bits per heavy atom. The molecule has 0 fully saturated rings. The second kappa shape index (κ2) is 13.2. The summed E-state index contributed by atoms with van der Waals surface area (Å²) >= 11 is 3.39. The topological polar surface area (TPSA) is 64.3 Å². The average molecular weight is 744 g/mol. The normalized spacial score (nSPS) is 14.6. The molecule has 2 heterocycles. The monoisotopic (exact) mass is 742 g/mol. The van der Waals surface area contributed by atoms with Gasteiger partial charge in [0.2, 0.25) is 0 Å². The van der Waals surface area contributed by atoms with Crippen molar-refractivity contribution < 1.29 is 8.83 Å². The van der Waals surface area contributed by atoms with Gasteiger partial charge in [-0.15, -0.1) is 0 Å². The molecule has 6 aromatic rings. The molecule has 4 aromatic carbocycles. The molecule has 0 bridgehead atoms. The highest BCUT2D eigenvalue weighted by molar-refractivity contribution is 9.10. The van der Waals surface area contributed by atoms with Crippen LogP contribution in [0.15, 0.2) is 123 Å². The summed E-state index contributed by atoms with van der Waals surface area (Å²) in [6.07, 6.45) is 0. The summed E-state index contributed by atoms with van der Waals surface area (Å²) in [5.41, 5.74) is 18.2. The Kier molecular flexibility index (Phi) is 9.43. The molecule has 8 rings (SSSR count). The van der Waals surface area contributed by atoms with Gasteiger partial charge < -0.3 is 19.9 Å². The predicted octanol–water partition coefficient (Wildman–Crippen LogP) is 13.5. The van der Waals surface area contributed by atoms with E-state index in [1.165, 1.54) is 44.5 Å². The summed E-state index contributed by atoms with van der Waals surface area (Å²) in [4.78, 5) is 0. The largest absolute Gasteiger partial charge is 0.449 e. The van der Waals surface area contributed by atoms with E-state index in [2.05, 4.69) is 188 Å². The van der Waals surface area contributed by atoms with Crippen LogP contribution >= 0.6 is 15.9 Å². The van der Waals surface area contributed by atoms with E-state index in [1.54, 1.807) is 0 Å². The minimum atomic E-state index is -0.0224. The van der Waals surface area contributed by atoms with Gasteiger partial charge in [-0.2, -0.15) is 0 Å². The number of halogens is 1. The average Bonchev–Trinajstić information content (AvgIpc) is 3.78. The van der Waals surface area contributed by atoms with Gasteiger partial charge in [0.25, 0.3) is 0 Å². The van der Waals surface area contributed by atoms with Crippen molar-refractivity contribution in [1.29, 1.82) is 0 Å². The Balaban J connectivity index is 0.000000146. The number of benzene rings is 4. The number of rotatable bonds is 2. The molecule has 2 aromatic heterocycles. The third-order valence-corrected chi connectivity index (χ3v) is 10.7. The van der Waals surface area contributed by atoms with Crippen LogP contribution in [0.3, 0.4) is 0 Å². The molecule has 4 nitrogen and oxygen atoms in total. The number of anilines is 3. The SMILES string of the molecule is CC(C)(C)c1ccc(N)cc1.CC(C)(C)c1ccc(Nc2cc3c(o2)-c2ccccc2C3(C)C)cc1.CC1(C)c2ccccc2-c2oc(Br)cc21. The molecule has 0 atom stereocenters. The molecule has 264 valence electrons. The van der Waals surface area contributed by atoms with Crippen LogP contribution in [0, 0.1) is 0 Å². The number of nitrogen functional groups attached to an aromatic ring is 1. The number of furan rings is 2. The van der Waals surface area contributed by atoms with Crippen LogP contribution in [0.25, 0.3) is 22.6 Å². The zero-order valence-electron chi connectivity index (χ0n) is 31.7. The molecule has 2 aliphatic rings. The van der Waals surface area contributed by atoms with Crippen molar-refractivity contribution in [2.24, 2.45) is 0 Å². The Bertz CT molecular complexity index is 2150. The quantitative estimate of drug-likeness (QED) is 0.173. The van der Waals surface area contributed by atoms with Crippen LogP contribution in [0.1, 0.15) is 103 Å². The van der Waals surface area contributed by atoms with E-state index in [0.717, 1.165) is 33.4 Å². The molecule has 0 aliphatic heterocycles. The smallest absolute Gasteiger partial charge is 0.198 e. The number of nitrogens with two attached hydrogens (primary N) is 1. The van der Waals surface area contributed by atoms with Gasteiger partial charge in [-0.1, -0.05) is 142 Å². The molecule has 0 spiro atoms. The molecular formula is C46H51BrN2O2. The van der Waals surface area contributed by atoms with Crippen LogP contribution in [-0.2, 0) is 21.7 Å². The fourth-order valence-electron chi connectivity index (χ4n) is 7.06. The highest BCUT2D eigenvalue weighted by atomic mass is 79.9. The van der Waals surface area contributed by atoms with E-state index in [0.29, 0.717) is 0 Å². The lowest BCUT2D eigenvalue weighted by Gasteiger charge is -2.20. The third-order valence-electron chi connectivity index (χ3n) is 10.3. The van der Waals surface area contributed by atoms with Crippen molar-refractivity contribution in [2.75, 3.05) is 11.1 Å². The first-order valence-electron chi connectivity index (χ1n) is 17.7. The molecule has 51 heavy (non-hydrogen) atoms. The molecule has 3 N–H and O–H groups in total. The van der Waals surface area contributed by atoms with Crippen molar-refractivity contribution >= 4 is 33.2 Å². The minimum Gasteiger partial charge on any atom is -0.449 e. The van der Waals surface area contributed by atoms with Crippen LogP contribution in [0.4, 0.5) is 17.3 Å². The summed E-state index contributed by atoms with van der Waals surface area (Å²) in [6, 6.07) is 37.8. The molecule has 0 saturated heterocycles. The first-order valence-corrected chi connectivity index (χ1v) is 18.5. The number of nitrogens with one attached hydrogen (secondary N) is 1. The Morgan fingerprint density at radius 3 is 1.47 bits per heavy atom. The summed E-state index contributed by atoms with van der Waals surface area (Å²) < 4.78 is 12.7. The first-order chi connectivity index (χ1) is 23.9. The molecular weight excluding hydrogens is 692 g/mol. The second-order valence-corrected chi connectivity index (χ2v) is 17.6. The van der Waals surface area contributed by atoms with E-state index in [9.17, 15) is 0 Å². The Labute approximate surface area is 312 Å². The van der Waals surface area contributed by atoms with Gasteiger partial charge in [0.05, 0.1) is 0 Å². The van der Waals surface area contributed by atoms with Crippen molar-refractivity contribution in [3.8, 4) is 22.6 Å². The molecule has 0 radical (unpaired) electrons. The van der Waals surface area contributed by atoms with E-state index >= 15 is 0 Å². The summed E-state index contributed by atoms with van der Waals surface area (Å²) in [7, 11) is 0. The van der Waals surface area contributed by atoms with Crippen LogP contribution in [-0.4, -0.2) is 0 Å². The number of hydrogen-bond donors (Lipinski definition) is 2. The Morgan fingerprint density at radius 2 is 0.980 bits per heavy atom. The van der Waals surface area contributed by atoms with Gasteiger partial charge in [-0.25, -0.2) is 0 Å². The van der Waals surface area contributed by atoms with Gasteiger partial charge in [0.15, 0.2) is 10.6 Å². The van der Waals surface area contributed by atoms with E-state index < -0.39 is 0 Å². The fraction of sp³-hybridized carbons (Fsp3) is 0.304. The van der Waals surface area contributed by atoms with Gasteiger partial charge in [0, 0.05) is 50.5 Å². The third kappa shape index (κ3) is 7.19. The number of fused-ring (bicyclic) bond motifs is 6. The maximum Gasteiger partial charge on any atom is 0.198 e. The van der Waals surface area contributed by atoms with Gasteiger partial charge in [-0.3, -0.25) is 0 Å². The van der Waals surface area contributed by atoms with Crippen LogP contribution < -0.4 is 11.1 Å². The van der Waals surface area contributed by atoms with Crippen LogP contribution in [0.2, 0.25) is 0 Å². The molecule has 0 amide bonds. The summed E-state index contributed by atoms with van der Waals surface area (Å²) in [5, 5.41) is 3.41. The summed E-state index contributed by atoms with van der Waals surface area (Å²) in [6.45, 7) is 22.3. The lowest BCUT2D eigenvalue weighted by Crippen LogP contribution is -2.14. The highest BCUT2D eigenvalue weighted by Crippen LogP contribution is 2.52. The molecule has 5 heteroatoms. The van der Waals surface area contributed by atoms with Crippen molar-refractivity contribution in [3.63, 3.8) is 0 Å². The lowest BCUT2D eigenvalue weighted by molar-refractivity contribution is 0.554. The van der Waals surface area contributed by atoms with Gasteiger partial charge in [0.1, 0.15) is 11.5 Å². The zero-order chi connectivity index (χ0) is 36.9. The fourth-order valence-corrected chi connectivity index (χ4v) is 7.45. The van der Waals surface area contributed by atoms with Crippen molar-refractivity contribution in [1.82, 2.24) is 0 Å². The van der Waals surface area contributed by atoms with E-state index in [4.69, 9.17) is 14.6 Å². The second-order valence-electron chi connectivity index (χ2n) is 16.8. The van der Waals surface area contributed by atoms with Crippen LogP contribution in [0.5, 0.6) is 0 Å². The zero-order valence-corrected chi connectivity index (χ0v) is 33.3. The maximum atomic E-state index is 6.18. The van der Waals surface area contributed by atoms with E-state index in [-0.39, 0.29) is 21.7 Å². The standard InChI is InChI=1S/C23H25NO.C13H11BrO.C10H15N/c1-22(2,3)15-10-12-16(13-11-15)24-20-14-19-21(25-20)17-8-6-7-9-18(17)23(19,4)5;1-13(2)9-6-4-3-5-8(9)12-10(13)7-11(14)15-12;1-10(2,3)8-4-6-9(11)7-5-8/h6-14,24H,1-5H3;3-7H,1-2H3;4-7H,11H2,1-3H3. The molecule has 0 saturated carbocycles. The number of hydrogen-bond acceptors (Lipinski definition) is 4. The predicted molar refractivity (Wildman–Crippen MR) is 218 cm³/mol. The molecule has 2 aliphatic carbocycles. The maximum absolute atomic E-state index is 6.18. The van der Waals surface area contributed by atoms with Crippen molar-refractivity contribution in [3.05, 3.63) is 147 Å². The minimum absolute atomic E-state index is 0.0224. The van der Waals surface area contributed by atoms with E-state index in [1.807, 2.05) is 12.1 Å². The van der Waals surface area contributed by atoms with Gasteiger partial charge in [-0.05, 0) is 79.3 Å². The van der Waals surface area contributed by atoms with Gasteiger partial charge >= 0.3 is 0 Å². The Hall–Kier alpha value is -4.48. The van der Waals surface area contributed by atoms with Crippen molar-refractivity contribution in [2.45, 2.75) is 90.9 Å². The lowest BCUT2D eigenvalue weighted by atomic mass is 9.83. The molecule has 0 unspecified atom stereocenters. The highest BCUT2D eigenvalue weighted by Gasteiger charge is 2.39. The first kappa shape index (κ1) is 36.3. The summed E-state index contributed by atoms with van der Waals surface area (Å²) in [5.74, 6) is 2.81.